The zero-order chi connectivity index (χ0) is 9.97. The fraction of sp³-hybridized carbons (Fsp3) is 0.400. The summed E-state index contributed by atoms with van der Waals surface area (Å²) in [7, 11) is 0. The Kier molecular flexibility index (Phi) is 2.79. The third kappa shape index (κ3) is 1.79. The van der Waals surface area contributed by atoms with Crippen LogP contribution in [0.5, 0.6) is 0 Å². The summed E-state index contributed by atoms with van der Waals surface area (Å²) >= 11 is 6.06. The Morgan fingerprint density at radius 3 is 2.86 bits per heavy atom. The summed E-state index contributed by atoms with van der Waals surface area (Å²) in [4.78, 5) is 5.49. The average Bonchev–Trinajstić information content (AvgIpc) is 2.19. The number of anilines is 2. The second-order valence-electron chi connectivity index (χ2n) is 3.32. The van der Waals surface area contributed by atoms with Gasteiger partial charge in [0, 0.05) is 6.54 Å². The lowest BCUT2D eigenvalue weighted by Crippen LogP contribution is -2.30. The van der Waals surface area contributed by atoms with E-state index in [1.807, 2.05) is 18.2 Å². The zero-order valence-corrected chi connectivity index (χ0v) is 8.63. The lowest BCUT2D eigenvalue weighted by molar-refractivity contribution is 0.0782. The van der Waals surface area contributed by atoms with Crippen molar-refractivity contribution in [2.45, 2.75) is 12.8 Å². The Balaban J connectivity index is 2.29. The van der Waals surface area contributed by atoms with E-state index in [-0.39, 0.29) is 0 Å². The van der Waals surface area contributed by atoms with Crippen LogP contribution in [0, 0.1) is 0 Å². The van der Waals surface area contributed by atoms with Gasteiger partial charge in [0.2, 0.25) is 0 Å². The highest BCUT2D eigenvalue weighted by Gasteiger charge is 2.16. The molecule has 0 aliphatic carbocycles. The third-order valence-electron chi connectivity index (χ3n) is 2.27. The van der Waals surface area contributed by atoms with Crippen LogP contribution in [0.15, 0.2) is 18.2 Å². The van der Waals surface area contributed by atoms with Crippen molar-refractivity contribution in [2.75, 3.05) is 23.9 Å². The molecule has 0 bridgehead atoms. The van der Waals surface area contributed by atoms with Gasteiger partial charge in [-0.1, -0.05) is 17.7 Å². The molecule has 14 heavy (non-hydrogen) atoms. The fourth-order valence-electron chi connectivity index (χ4n) is 1.57. The first-order chi connectivity index (χ1) is 6.79. The van der Waals surface area contributed by atoms with Crippen molar-refractivity contribution in [3.8, 4) is 0 Å². The molecule has 0 saturated carbocycles. The number of hydrogen-bond acceptors (Lipinski definition) is 3. The molecular formula is C10H13ClN2O. The highest BCUT2D eigenvalue weighted by atomic mass is 35.5. The van der Waals surface area contributed by atoms with Crippen molar-refractivity contribution in [2.24, 2.45) is 0 Å². The molecular weight excluding hydrogens is 200 g/mol. The first kappa shape index (κ1) is 9.62. The Morgan fingerprint density at radius 1 is 1.36 bits per heavy atom. The highest BCUT2D eigenvalue weighted by Crippen LogP contribution is 2.33. The molecule has 76 valence electrons. The van der Waals surface area contributed by atoms with Crippen LogP contribution in [0.4, 0.5) is 11.4 Å². The van der Waals surface area contributed by atoms with Crippen molar-refractivity contribution < 1.29 is 4.84 Å². The molecule has 3 nitrogen and oxygen atoms in total. The van der Waals surface area contributed by atoms with E-state index in [1.165, 1.54) is 0 Å². The maximum Gasteiger partial charge on any atom is 0.105 e. The maximum absolute atomic E-state index is 6.06. The minimum Gasteiger partial charge on any atom is -0.397 e. The van der Waals surface area contributed by atoms with Gasteiger partial charge in [-0.05, 0) is 25.0 Å². The summed E-state index contributed by atoms with van der Waals surface area (Å²) in [6.07, 6.45) is 2.21. The lowest BCUT2D eigenvalue weighted by Gasteiger charge is -2.29. The Bertz CT molecular complexity index is 304. The van der Waals surface area contributed by atoms with Crippen molar-refractivity contribution >= 4 is 23.0 Å². The molecule has 0 atom stereocenters. The van der Waals surface area contributed by atoms with Gasteiger partial charge >= 0.3 is 0 Å². The number of para-hydroxylation sites is 1. The van der Waals surface area contributed by atoms with E-state index >= 15 is 0 Å². The number of hydroxylamine groups is 1. The summed E-state index contributed by atoms with van der Waals surface area (Å²) in [6.45, 7) is 1.60. The first-order valence-corrected chi connectivity index (χ1v) is 5.11. The zero-order valence-electron chi connectivity index (χ0n) is 7.87. The molecule has 1 heterocycles. The van der Waals surface area contributed by atoms with Gasteiger partial charge in [-0.15, -0.1) is 0 Å². The van der Waals surface area contributed by atoms with E-state index in [9.17, 15) is 0 Å². The number of halogens is 1. The van der Waals surface area contributed by atoms with E-state index in [4.69, 9.17) is 22.2 Å². The first-order valence-electron chi connectivity index (χ1n) is 4.73. The predicted octanol–water partition coefficient (Wildman–Crippen LogP) is 2.45. The van der Waals surface area contributed by atoms with Crippen LogP contribution in [-0.2, 0) is 4.84 Å². The number of nitrogen functional groups attached to an aromatic ring is 1. The SMILES string of the molecule is Nc1cccc(Cl)c1N1CCCCO1. The molecule has 1 aromatic rings. The van der Waals surface area contributed by atoms with Gasteiger partial charge in [0.05, 0.1) is 17.3 Å². The van der Waals surface area contributed by atoms with Gasteiger partial charge < -0.3 is 5.73 Å². The number of hydrogen-bond donors (Lipinski definition) is 1. The van der Waals surface area contributed by atoms with Crippen molar-refractivity contribution in [1.29, 1.82) is 0 Å². The van der Waals surface area contributed by atoms with Crippen LogP contribution in [-0.4, -0.2) is 13.2 Å². The number of nitrogens with zero attached hydrogens (tertiary/aromatic N) is 1. The Hall–Kier alpha value is -0.930. The van der Waals surface area contributed by atoms with Gasteiger partial charge in [-0.3, -0.25) is 9.90 Å². The summed E-state index contributed by atoms with van der Waals surface area (Å²) in [6, 6.07) is 5.50. The summed E-state index contributed by atoms with van der Waals surface area (Å²) in [5, 5.41) is 2.44. The molecule has 1 aromatic carbocycles. The maximum atomic E-state index is 6.06. The summed E-state index contributed by atoms with van der Waals surface area (Å²) in [5.74, 6) is 0. The lowest BCUT2D eigenvalue weighted by atomic mass is 10.2. The van der Waals surface area contributed by atoms with Crippen molar-refractivity contribution in [1.82, 2.24) is 0 Å². The largest absolute Gasteiger partial charge is 0.397 e. The number of benzene rings is 1. The number of rotatable bonds is 1. The second kappa shape index (κ2) is 4.07. The normalized spacial score (nSPS) is 17.1. The molecule has 0 aromatic heterocycles. The van der Waals surface area contributed by atoms with Crippen molar-refractivity contribution in [3.05, 3.63) is 23.2 Å². The van der Waals surface area contributed by atoms with Gasteiger partial charge in [-0.25, -0.2) is 0 Å². The molecule has 0 amide bonds. The van der Waals surface area contributed by atoms with Crippen LogP contribution < -0.4 is 10.8 Å². The minimum atomic E-state index is 0.645. The van der Waals surface area contributed by atoms with Crippen LogP contribution in [0.3, 0.4) is 0 Å². The summed E-state index contributed by atoms with van der Waals surface area (Å²) < 4.78 is 0. The molecule has 1 fully saturated rings. The van der Waals surface area contributed by atoms with E-state index in [2.05, 4.69) is 0 Å². The quantitative estimate of drug-likeness (QED) is 0.727. The van der Waals surface area contributed by atoms with Gasteiger partial charge in [0.25, 0.3) is 0 Å². The molecule has 2 rings (SSSR count). The molecule has 1 aliphatic rings. The Labute approximate surface area is 88.4 Å². The molecule has 0 radical (unpaired) electrons. The smallest absolute Gasteiger partial charge is 0.105 e. The van der Waals surface area contributed by atoms with Gasteiger partial charge in [-0.2, -0.15) is 0 Å². The highest BCUT2D eigenvalue weighted by molar-refractivity contribution is 6.33. The van der Waals surface area contributed by atoms with E-state index in [0.29, 0.717) is 10.7 Å². The van der Waals surface area contributed by atoms with Crippen LogP contribution >= 0.6 is 11.6 Å². The van der Waals surface area contributed by atoms with Gasteiger partial charge in [0.15, 0.2) is 0 Å². The second-order valence-corrected chi connectivity index (χ2v) is 3.73. The molecule has 1 saturated heterocycles. The van der Waals surface area contributed by atoms with Crippen LogP contribution in [0.25, 0.3) is 0 Å². The van der Waals surface area contributed by atoms with E-state index < -0.39 is 0 Å². The summed E-state index contributed by atoms with van der Waals surface area (Å²) in [5.41, 5.74) is 7.31. The van der Waals surface area contributed by atoms with Crippen LogP contribution in [0.1, 0.15) is 12.8 Å². The monoisotopic (exact) mass is 212 g/mol. The van der Waals surface area contributed by atoms with Crippen molar-refractivity contribution in [3.63, 3.8) is 0 Å². The average molecular weight is 213 g/mol. The van der Waals surface area contributed by atoms with Crippen LogP contribution in [0.2, 0.25) is 5.02 Å². The van der Waals surface area contributed by atoms with E-state index in [0.717, 1.165) is 31.7 Å². The van der Waals surface area contributed by atoms with E-state index in [1.54, 1.807) is 5.06 Å². The molecule has 1 aliphatic heterocycles. The topological polar surface area (TPSA) is 38.5 Å². The molecule has 2 N–H and O–H groups in total. The number of nitrogens with two attached hydrogens (primary N) is 1. The standard InChI is InChI=1S/C10H13ClN2O/c11-8-4-3-5-9(12)10(8)13-6-1-2-7-14-13/h3-5H,1-2,6-7,12H2. The predicted molar refractivity (Wildman–Crippen MR) is 58.4 cm³/mol. The minimum absolute atomic E-state index is 0.645. The molecule has 0 spiro atoms. The van der Waals surface area contributed by atoms with Gasteiger partial charge in [0.1, 0.15) is 5.69 Å². The third-order valence-corrected chi connectivity index (χ3v) is 2.58. The Morgan fingerprint density at radius 2 is 2.21 bits per heavy atom. The fourth-order valence-corrected chi connectivity index (χ4v) is 1.84. The molecule has 4 heteroatoms. The molecule has 0 unspecified atom stereocenters.